The maximum absolute atomic E-state index is 12.7. The molecule has 1 heterocycles. The van der Waals surface area contributed by atoms with Gasteiger partial charge in [-0.1, -0.05) is 47.7 Å². The fraction of sp³-hybridized carbons (Fsp3) is 0.0588. The molecule has 1 aliphatic heterocycles. The van der Waals surface area contributed by atoms with Gasteiger partial charge in [0.2, 0.25) is 0 Å². The molecule has 9 heteroatoms. The molecule has 6 nitrogen and oxygen atoms in total. The van der Waals surface area contributed by atoms with E-state index in [9.17, 15) is 14.9 Å². The van der Waals surface area contributed by atoms with Gasteiger partial charge in [-0.15, -0.1) is 0 Å². The summed E-state index contributed by atoms with van der Waals surface area (Å²) in [5.74, 6) is -0.153. The van der Waals surface area contributed by atoms with Gasteiger partial charge in [-0.05, 0) is 35.9 Å². The Morgan fingerprint density at radius 3 is 2.73 bits per heavy atom. The number of hydrogen-bond acceptors (Lipinski definition) is 6. The van der Waals surface area contributed by atoms with Gasteiger partial charge in [0.25, 0.3) is 5.91 Å². The van der Waals surface area contributed by atoms with E-state index in [-0.39, 0.29) is 17.3 Å². The maximum Gasteiger partial charge on any atom is 0.311 e. The van der Waals surface area contributed by atoms with E-state index in [1.165, 1.54) is 24.1 Å². The van der Waals surface area contributed by atoms with Crippen LogP contribution in [0, 0.1) is 10.1 Å². The third kappa shape index (κ3) is 3.57. The lowest BCUT2D eigenvalue weighted by molar-refractivity contribution is -0.385. The largest absolute Gasteiger partial charge is 0.490 e. The molecule has 1 amide bonds. The Morgan fingerprint density at radius 1 is 1.31 bits per heavy atom. The summed E-state index contributed by atoms with van der Waals surface area (Å²) in [4.78, 5) is 25.1. The van der Waals surface area contributed by atoms with Crippen LogP contribution in [-0.2, 0) is 4.79 Å². The van der Waals surface area contributed by atoms with Crippen molar-refractivity contribution in [3.63, 3.8) is 0 Å². The van der Waals surface area contributed by atoms with Gasteiger partial charge in [0.15, 0.2) is 10.1 Å². The van der Waals surface area contributed by atoms with Crippen LogP contribution >= 0.6 is 35.6 Å². The number of ether oxygens (including phenoxy) is 1. The van der Waals surface area contributed by atoms with Crippen LogP contribution in [0.15, 0.2) is 47.4 Å². The average Bonchev–Trinajstić information content (AvgIpc) is 2.88. The quantitative estimate of drug-likeness (QED) is 0.318. The standard InChI is InChI=1S/C17H11ClN2O4S2/c1-24-14-6-5-10(7-13(14)20(22)23)8-15-16(21)19(17(25)26-15)12-4-2-3-11(18)9-12/h2-9H,1H3/b15-8-. The smallest absolute Gasteiger partial charge is 0.311 e. The number of benzene rings is 2. The Hall–Kier alpha value is -2.42. The summed E-state index contributed by atoms with van der Waals surface area (Å²) in [6.45, 7) is 0. The van der Waals surface area contributed by atoms with E-state index in [0.717, 1.165) is 11.8 Å². The molecule has 0 unspecified atom stereocenters. The number of carbonyl (C=O) groups excluding carboxylic acids is 1. The summed E-state index contributed by atoms with van der Waals surface area (Å²) in [5.41, 5.74) is 0.903. The normalized spacial score (nSPS) is 15.6. The highest BCUT2D eigenvalue weighted by Crippen LogP contribution is 2.37. The fourth-order valence-electron chi connectivity index (χ4n) is 2.40. The van der Waals surface area contributed by atoms with Gasteiger partial charge in [0.05, 0.1) is 22.6 Å². The fourth-order valence-corrected chi connectivity index (χ4v) is 3.88. The number of thioether (sulfide) groups is 1. The number of methoxy groups -OCH3 is 1. The molecule has 0 spiro atoms. The molecule has 132 valence electrons. The van der Waals surface area contributed by atoms with Gasteiger partial charge in [-0.25, -0.2) is 0 Å². The molecule has 1 fully saturated rings. The van der Waals surface area contributed by atoms with Crippen LogP contribution in [-0.4, -0.2) is 22.3 Å². The Kier molecular flexibility index (Phi) is 5.26. The van der Waals surface area contributed by atoms with E-state index in [1.807, 2.05) is 0 Å². The van der Waals surface area contributed by atoms with E-state index in [4.69, 9.17) is 28.6 Å². The van der Waals surface area contributed by atoms with Crippen molar-refractivity contribution in [3.05, 3.63) is 68.1 Å². The van der Waals surface area contributed by atoms with Crippen molar-refractivity contribution in [2.45, 2.75) is 0 Å². The van der Waals surface area contributed by atoms with Gasteiger partial charge in [-0.3, -0.25) is 19.8 Å². The first-order valence-corrected chi connectivity index (χ1v) is 8.87. The van der Waals surface area contributed by atoms with Crippen molar-refractivity contribution < 1.29 is 14.5 Å². The predicted octanol–water partition coefficient (Wildman–Crippen LogP) is 4.66. The van der Waals surface area contributed by atoms with Crippen molar-refractivity contribution >= 4 is 63.3 Å². The number of nitro benzene ring substituents is 1. The predicted molar refractivity (Wildman–Crippen MR) is 107 cm³/mol. The first-order valence-electron chi connectivity index (χ1n) is 7.26. The lowest BCUT2D eigenvalue weighted by atomic mass is 10.1. The van der Waals surface area contributed by atoms with Crippen molar-refractivity contribution in [1.82, 2.24) is 0 Å². The molecule has 0 bridgehead atoms. The third-order valence-corrected chi connectivity index (χ3v) is 5.09. The van der Waals surface area contributed by atoms with Gasteiger partial charge in [0, 0.05) is 11.1 Å². The van der Waals surface area contributed by atoms with Gasteiger partial charge < -0.3 is 4.74 Å². The van der Waals surface area contributed by atoms with Crippen LogP contribution in [0.2, 0.25) is 5.02 Å². The molecule has 0 aliphatic carbocycles. The number of carbonyl (C=O) groups is 1. The van der Waals surface area contributed by atoms with Crippen LogP contribution in [0.25, 0.3) is 6.08 Å². The topological polar surface area (TPSA) is 72.7 Å². The molecule has 0 aromatic heterocycles. The summed E-state index contributed by atoms with van der Waals surface area (Å²) < 4.78 is 5.35. The number of hydrogen-bond donors (Lipinski definition) is 0. The number of thiocarbonyl (C=S) groups is 1. The lowest BCUT2D eigenvalue weighted by Gasteiger charge is -2.14. The highest BCUT2D eigenvalue weighted by atomic mass is 35.5. The zero-order valence-corrected chi connectivity index (χ0v) is 15.7. The van der Waals surface area contributed by atoms with E-state index in [2.05, 4.69) is 0 Å². The van der Waals surface area contributed by atoms with Crippen molar-refractivity contribution in [1.29, 1.82) is 0 Å². The van der Waals surface area contributed by atoms with Crippen molar-refractivity contribution in [3.8, 4) is 5.75 Å². The van der Waals surface area contributed by atoms with E-state index in [0.29, 0.717) is 25.5 Å². The number of amides is 1. The highest BCUT2D eigenvalue weighted by molar-refractivity contribution is 8.27. The second-order valence-corrected chi connectivity index (χ2v) is 7.30. The Morgan fingerprint density at radius 2 is 2.08 bits per heavy atom. The summed E-state index contributed by atoms with van der Waals surface area (Å²) >= 11 is 12.4. The minimum Gasteiger partial charge on any atom is -0.490 e. The van der Waals surface area contributed by atoms with E-state index in [1.54, 1.807) is 36.4 Å². The number of nitro groups is 1. The zero-order chi connectivity index (χ0) is 18.8. The highest BCUT2D eigenvalue weighted by Gasteiger charge is 2.33. The molecule has 2 aromatic rings. The number of halogens is 1. The number of rotatable bonds is 4. The molecule has 0 N–H and O–H groups in total. The minimum atomic E-state index is -0.534. The molecule has 26 heavy (non-hydrogen) atoms. The van der Waals surface area contributed by atoms with Gasteiger partial charge >= 0.3 is 5.69 Å². The Labute approximate surface area is 163 Å². The van der Waals surface area contributed by atoms with E-state index < -0.39 is 4.92 Å². The van der Waals surface area contributed by atoms with E-state index >= 15 is 0 Å². The van der Waals surface area contributed by atoms with Crippen LogP contribution < -0.4 is 9.64 Å². The molecule has 3 rings (SSSR count). The molecule has 1 aliphatic rings. The maximum atomic E-state index is 12.7. The number of nitrogens with zero attached hydrogens (tertiary/aromatic N) is 2. The first kappa shape index (κ1) is 18.4. The van der Waals surface area contributed by atoms with Crippen LogP contribution in [0.3, 0.4) is 0 Å². The summed E-state index contributed by atoms with van der Waals surface area (Å²) in [6, 6.07) is 11.3. The SMILES string of the molecule is COc1ccc(/C=C2\SC(=S)N(c3cccc(Cl)c3)C2=O)cc1[N+](=O)[O-]. The molecule has 0 saturated carbocycles. The molecule has 0 atom stereocenters. The second kappa shape index (κ2) is 7.45. The number of anilines is 1. The Balaban J connectivity index is 1.96. The van der Waals surface area contributed by atoms with Crippen LogP contribution in [0.4, 0.5) is 11.4 Å². The van der Waals surface area contributed by atoms with Crippen LogP contribution in [0.1, 0.15) is 5.56 Å². The average molecular weight is 407 g/mol. The third-order valence-electron chi connectivity index (χ3n) is 3.56. The van der Waals surface area contributed by atoms with Crippen molar-refractivity contribution in [2.75, 3.05) is 12.0 Å². The summed E-state index contributed by atoms with van der Waals surface area (Å²) in [6.07, 6.45) is 1.57. The first-order chi connectivity index (χ1) is 12.4. The zero-order valence-electron chi connectivity index (χ0n) is 13.3. The minimum absolute atomic E-state index is 0.152. The van der Waals surface area contributed by atoms with Crippen LogP contribution in [0.5, 0.6) is 5.75 Å². The molecule has 2 aromatic carbocycles. The summed E-state index contributed by atoms with van der Waals surface area (Å²) in [5, 5.41) is 11.6. The molecular formula is C17H11ClN2O4S2. The molecular weight excluding hydrogens is 396 g/mol. The Bertz CT molecular complexity index is 962. The lowest BCUT2D eigenvalue weighted by Crippen LogP contribution is -2.27. The monoisotopic (exact) mass is 406 g/mol. The molecule has 1 saturated heterocycles. The van der Waals surface area contributed by atoms with Gasteiger partial charge in [0.1, 0.15) is 0 Å². The summed E-state index contributed by atoms with van der Waals surface area (Å²) in [7, 11) is 1.36. The van der Waals surface area contributed by atoms with Gasteiger partial charge in [-0.2, -0.15) is 0 Å². The van der Waals surface area contributed by atoms with Crippen molar-refractivity contribution in [2.24, 2.45) is 0 Å². The second-order valence-electron chi connectivity index (χ2n) is 5.19. The molecule has 0 radical (unpaired) electrons.